The fraction of sp³-hybridized carbons (Fsp3) is 0.350. The Morgan fingerprint density at radius 3 is 2.54 bits per heavy atom. The van der Waals surface area contributed by atoms with Crippen molar-refractivity contribution in [2.45, 2.75) is 32.6 Å². The average molecular weight is 372 g/mol. The zero-order valence-corrected chi connectivity index (χ0v) is 16.0. The summed E-state index contributed by atoms with van der Waals surface area (Å²) < 4.78 is 25.5. The minimum absolute atomic E-state index is 0.199. The van der Waals surface area contributed by atoms with Gasteiger partial charge < -0.3 is 5.32 Å². The van der Waals surface area contributed by atoms with Crippen LogP contribution < -0.4 is 9.62 Å². The highest BCUT2D eigenvalue weighted by molar-refractivity contribution is 7.92. The smallest absolute Gasteiger partial charge is 0.255 e. The first kappa shape index (κ1) is 18.5. The summed E-state index contributed by atoms with van der Waals surface area (Å²) in [7, 11) is -3.33. The first-order chi connectivity index (χ1) is 12.4. The molecule has 0 unspecified atom stereocenters. The van der Waals surface area contributed by atoms with Crippen LogP contribution in [0.1, 0.15) is 41.3 Å². The minimum atomic E-state index is -3.33. The number of amides is 1. The molecule has 0 bridgehead atoms. The van der Waals surface area contributed by atoms with Gasteiger partial charge in [0, 0.05) is 17.8 Å². The van der Waals surface area contributed by atoms with Crippen LogP contribution in [0.25, 0.3) is 0 Å². The van der Waals surface area contributed by atoms with E-state index in [4.69, 9.17) is 0 Å². The molecule has 0 radical (unpaired) electrons. The summed E-state index contributed by atoms with van der Waals surface area (Å²) in [5, 5.41) is 2.87. The van der Waals surface area contributed by atoms with E-state index in [9.17, 15) is 13.2 Å². The number of carbonyl (C=O) groups excluding carboxylic acids is 1. The molecule has 1 N–H and O–H groups in total. The lowest BCUT2D eigenvalue weighted by Crippen LogP contribution is -2.34. The number of nitrogens with zero attached hydrogens (tertiary/aromatic N) is 1. The molecule has 0 atom stereocenters. The Morgan fingerprint density at radius 1 is 1.15 bits per heavy atom. The Kier molecular flexibility index (Phi) is 5.32. The third-order valence-corrected chi connectivity index (χ3v) is 5.75. The number of hydrogen-bond donors (Lipinski definition) is 1. The van der Waals surface area contributed by atoms with E-state index in [2.05, 4.69) is 12.2 Å². The summed E-state index contributed by atoms with van der Waals surface area (Å²) in [4.78, 5) is 12.5. The maximum absolute atomic E-state index is 12.5. The Balaban J connectivity index is 1.81. The predicted octanol–water partition coefficient (Wildman–Crippen LogP) is 3.60. The van der Waals surface area contributed by atoms with Crippen molar-refractivity contribution in [3.8, 4) is 0 Å². The molecule has 3 rings (SSSR count). The van der Waals surface area contributed by atoms with Gasteiger partial charge in [0.1, 0.15) is 0 Å². The molecule has 0 saturated heterocycles. The van der Waals surface area contributed by atoms with Gasteiger partial charge in [0.2, 0.25) is 10.0 Å². The van der Waals surface area contributed by atoms with Crippen molar-refractivity contribution in [2.24, 2.45) is 0 Å². The predicted molar refractivity (Wildman–Crippen MR) is 105 cm³/mol. The van der Waals surface area contributed by atoms with Crippen molar-refractivity contribution in [3.05, 3.63) is 59.2 Å². The molecule has 5 nitrogen and oxygen atoms in total. The van der Waals surface area contributed by atoms with E-state index in [1.807, 2.05) is 36.4 Å². The molecule has 2 aromatic rings. The topological polar surface area (TPSA) is 66.5 Å². The fourth-order valence-corrected chi connectivity index (χ4v) is 4.27. The molecule has 0 fully saturated rings. The van der Waals surface area contributed by atoms with Gasteiger partial charge in [-0.1, -0.05) is 31.5 Å². The van der Waals surface area contributed by atoms with Crippen molar-refractivity contribution in [3.63, 3.8) is 0 Å². The van der Waals surface area contributed by atoms with Gasteiger partial charge in [0.25, 0.3) is 5.91 Å². The summed E-state index contributed by atoms with van der Waals surface area (Å²) in [6.45, 7) is 2.60. The van der Waals surface area contributed by atoms with Gasteiger partial charge in [-0.05, 0) is 54.7 Å². The zero-order chi connectivity index (χ0) is 18.7. The van der Waals surface area contributed by atoms with Crippen molar-refractivity contribution in [1.82, 2.24) is 0 Å². The summed E-state index contributed by atoms with van der Waals surface area (Å²) >= 11 is 0. The second-order valence-corrected chi connectivity index (χ2v) is 8.59. The van der Waals surface area contributed by atoms with Gasteiger partial charge in [0.05, 0.1) is 11.9 Å². The number of benzene rings is 2. The minimum Gasteiger partial charge on any atom is -0.322 e. The van der Waals surface area contributed by atoms with E-state index in [1.54, 1.807) is 6.07 Å². The third-order valence-electron chi connectivity index (χ3n) is 4.57. The number of fused-ring (bicyclic) bond motifs is 1. The van der Waals surface area contributed by atoms with Gasteiger partial charge in [-0.25, -0.2) is 8.42 Å². The molecule has 1 heterocycles. The quantitative estimate of drug-likeness (QED) is 0.872. The Labute approximate surface area is 155 Å². The second-order valence-electron chi connectivity index (χ2n) is 6.68. The Morgan fingerprint density at radius 2 is 1.88 bits per heavy atom. The summed E-state index contributed by atoms with van der Waals surface area (Å²) in [6.07, 6.45) is 4.92. The Hall–Kier alpha value is -2.34. The standard InChI is InChI=1S/C20H24N2O3S/c1-3-5-15-7-9-17(10-8-15)20(23)21-18-12-11-16-6-4-13-22(19(16)14-18)26(2,24)25/h7-12,14H,3-6,13H2,1-2H3,(H,21,23). The maximum Gasteiger partial charge on any atom is 0.255 e. The third kappa shape index (κ3) is 4.07. The largest absolute Gasteiger partial charge is 0.322 e. The van der Waals surface area contributed by atoms with Crippen LogP contribution in [0.2, 0.25) is 0 Å². The summed E-state index contributed by atoms with van der Waals surface area (Å²) in [6, 6.07) is 13.1. The van der Waals surface area contributed by atoms with Crippen LogP contribution in [-0.2, 0) is 22.9 Å². The van der Waals surface area contributed by atoms with E-state index >= 15 is 0 Å². The molecule has 0 aromatic heterocycles. The molecule has 6 heteroatoms. The van der Waals surface area contributed by atoms with E-state index < -0.39 is 10.0 Å². The van der Waals surface area contributed by atoms with Crippen LogP contribution in [0.15, 0.2) is 42.5 Å². The van der Waals surface area contributed by atoms with Crippen LogP contribution >= 0.6 is 0 Å². The lowest BCUT2D eigenvalue weighted by Gasteiger charge is -2.29. The molecule has 0 saturated carbocycles. The van der Waals surface area contributed by atoms with E-state index in [-0.39, 0.29) is 5.91 Å². The Bertz CT molecular complexity index is 905. The highest BCUT2D eigenvalue weighted by Crippen LogP contribution is 2.31. The molecule has 1 aliphatic rings. The fourth-order valence-electron chi connectivity index (χ4n) is 3.28. The molecule has 0 spiro atoms. The highest BCUT2D eigenvalue weighted by Gasteiger charge is 2.24. The first-order valence-corrected chi connectivity index (χ1v) is 10.7. The van der Waals surface area contributed by atoms with E-state index in [0.29, 0.717) is 23.5 Å². The lowest BCUT2D eigenvalue weighted by molar-refractivity contribution is 0.102. The number of hydrogen-bond acceptors (Lipinski definition) is 3. The van der Waals surface area contributed by atoms with Crippen molar-refractivity contribution in [2.75, 3.05) is 22.4 Å². The van der Waals surface area contributed by atoms with Crippen molar-refractivity contribution < 1.29 is 13.2 Å². The van der Waals surface area contributed by atoms with Crippen LogP contribution in [0.5, 0.6) is 0 Å². The lowest BCUT2D eigenvalue weighted by atomic mass is 10.0. The van der Waals surface area contributed by atoms with Gasteiger partial charge >= 0.3 is 0 Å². The van der Waals surface area contributed by atoms with Crippen molar-refractivity contribution in [1.29, 1.82) is 0 Å². The monoisotopic (exact) mass is 372 g/mol. The number of anilines is 2. The molecule has 26 heavy (non-hydrogen) atoms. The van der Waals surface area contributed by atoms with Gasteiger partial charge in [-0.2, -0.15) is 0 Å². The number of rotatable bonds is 5. The number of aryl methyl sites for hydroxylation is 2. The van der Waals surface area contributed by atoms with E-state index in [1.165, 1.54) is 16.1 Å². The highest BCUT2D eigenvalue weighted by atomic mass is 32.2. The molecule has 1 aliphatic heterocycles. The molecular weight excluding hydrogens is 348 g/mol. The second kappa shape index (κ2) is 7.50. The number of nitrogens with one attached hydrogen (secondary N) is 1. The molecule has 2 aromatic carbocycles. The molecule has 1 amide bonds. The van der Waals surface area contributed by atoms with Gasteiger partial charge in [-0.15, -0.1) is 0 Å². The van der Waals surface area contributed by atoms with E-state index in [0.717, 1.165) is 31.2 Å². The normalized spacial score (nSPS) is 14.0. The zero-order valence-electron chi connectivity index (χ0n) is 15.2. The molecule has 138 valence electrons. The SMILES string of the molecule is CCCc1ccc(C(=O)Nc2ccc3c(c2)N(S(C)(=O)=O)CCC3)cc1. The van der Waals surface area contributed by atoms with Gasteiger partial charge in [0.15, 0.2) is 0 Å². The number of sulfonamides is 1. The first-order valence-electron chi connectivity index (χ1n) is 8.89. The molecule has 0 aliphatic carbocycles. The average Bonchev–Trinajstić information content (AvgIpc) is 2.61. The maximum atomic E-state index is 12.5. The van der Waals surface area contributed by atoms with Crippen LogP contribution in [0.3, 0.4) is 0 Å². The summed E-state index contributed by atoms with van der Waals surface area (Å²) in [5.74, 6) is -0.199. The summed E-state index contributed by atoms with van der Waals surface area (Å²) in [5.41, 5.74) is 4.05. The van der Waals surface area contributed by atoms with Crippen LogP contribution in [0, 0.1) is 0 Å². The molecular formula is C20H24N2O3S. The van der Waals surface area contributed by atoms with Crippen LogP contribution in [-0.4, -0.2) is 27.1 Å². The van der Waals surface area contributed by atoms with Crippen LogP contribution in [0.4, 0.5) is 11.4 Å². The number of carbonyl (C=O) groups is 1. The van der Waals surface area contributed by atoms with Crippen molar-refractivity contribution >= 4 is 27.3 Å². The van der Waals surface area contributed by atoms with Gasteiger partial charge in [-0.3, -0.25) is 9.10 Å².